The van der Waals surface area contributed by atoms with E-state index in [4.69, 9.17) is 0 Å². The van der Waals surface area contributed by atoms with Gasteiger partial charge in [-0.2, -0.15) is 0 Å². The smallest absolute Gasteiger partial charge is 0.272 e. The molecule has 4 aliphatic heterocycles. The predicted octanol–water partition coefficient (Wildman–Crippen LogP) is 3.06. The average Bonchev–Trinajstić information content (AvgIpc) is 3.14. The molecule has 0 N–H and O–H groups in total. The normalized spacial score (nSPS) is 31.8. The van der Waals surface area contributed by atoms with E-state index in [-0.39, 0.29) is 23.9 Å². The topological polar surface area (TPSA) is 36.4 Å². The molecule has 4 nitrogen and oxygen atoms in total. The van der Waals surface area contributed by atoms with Crippen LogP contribution in [0.2, 0.25) is 0 Å². The number of carbonyl (C=O) groups excluding carboxylic acids is 1. The van der Waals surface area contributed by atoms with Gasteiger partial charge in [0.2, 0.25) is 0 Å². The van der Waals surface area contributed by atoms with Crippen LogP contribution < -0.4 is 0 Å². The molecule has 6 rings (SSSR count). The minimum absolute atomic E-state index is 0.0367. The molecule has 0 aliphatic carbocycles. The Labute approximate surface area is 156 Å². The summed E-state index contributed by atoms with van der Waals surface area (Å²) in [5.41, 5.74) is 0.793. The van der Waals surface area contributed by atoms with Crippen LogP contribution >= 0.6 is 0 Å². The Balaban J connectivity index is 1.56. The summed E-state index contributed by atoms with van der Waals surface area (Å²) >= 11 is 0. The lowest BCUT2D eigenvalue weighted by Gasteiger charge is -2.51. The second-order valence-electron chi connectivity index (χ2n) is 7.78. The molecule has 5 heterocycles. The third-order valence-corrected chi connectivity index (χ3v) is 6.52. The minimum atomic E-state index is -0.825. The van der Waals surface area contributed by atoms with Gasteiger partial charge in [-0.3, -0.25) is 14.7 Å². The monoisotopic (exact) mass is 369 g/mol. The maximum atomic E-state index is 14.6. The van der Waals surface area contributed by atoms with Crippen molar-refractivity contribution in [3.05, 3.63) is 65.5 Å². The van der Waals surface area contributed by atoms with Crippen molar-refractivity contribution in [2.75, 3.05) is 19.6 Å². The van der Waals surface area contributed by atoms with Crippen molar-refractivity contribution < 1.29 is 13.6 Å². The highest BCUT2D eigenvalue weighted by molar-refractivity contribution is 5.93. The Morgan fingerprint density at radius 3 is 2.59 bits per heavy atom. The second kappa shape index (κ2) is 6.37. The van der Waals surface area contributed by atoms with Crippen LogP contribution in [0.3, 0.4) is 0 Å². The van der Waals surface area contributed by atoms with Crippen molar-refractivity contribution in [1.82, 2.24) is 14.8 Å². The summed E-state index contributed by atoms with van der Waals surface area (Å²) < 4.78 is 28.5. The van der Waals surface area contributed by atoms with E-state index in [1.807, 2.05) is 4.90 Å². The Kier molecular flexibility index (Phi) is 3.97. The third kappa shape index (κ3) is 2.57. The number of hydrogen-bond donors (Lipinski definition) is 0. The van der Waals surface area contributed by atoms with Gasteiger partial charge in [-0.1, -0.05) is 18.2 Å². The highest BCUT2D eigenvalue weighted by Crippen LogP contribution is 2.47. The molecule has 3 atom stereocenters. The molecule has 1 aromatic heterocycles. The van der Waals surface area contributed by atoms with Gasteiger partial charge in [0, 0.05) is 24.7 Å². The fraction of sp³-hybridized carbons (Fsp3) is 0.429. The van der Waals surface area contributed by atoms with Crippen LogP contribution in [0.25, 0.3) is 0 Å². The summed E-state index contributed by atoms with van der Waals surface area (Å²) in [6, 6.07) is 9.75. The Hall–Kier alpha value is -2.34. The minimum Gasteiger partial charge on any atom is -0.332 e. The van der Waals surface area contributed by atoms with Gasteiger partial charge in [-0.25, -0.2) is 8.78 Å². The first kappa shape index (κ1) is 16.8. The van der Waals surface area contributed by atoms with Gasteiger partial charge in [0.05, 0.1) is 6.04 Å². The van der Waals surface area contributed by atoms with Gasteiger partial charge in [0.1, 0.15) is 5.69 Å². The summed E-state index contributed by atoms with van der Waals surface area (Å²) in [4.78, 5) is 21.6. The summed E-state index contributed by atoms with van der Waals surface area (Å²) in [7, 11) is 0. The maximum Gasteiger partial charge on any atom is 0.272 e. The van der Waals surface area contributed by atoms with E-state index in [2.05, 4.69) is 9.88 Å². The Bertz CT molecular complexity index is 867. The Morgan fingerprint density at radius 2 is 1.85 bits per heavy atom. The molecule has 4 saturated heterocycles. The molecular weight excluding hydrogens is 348 g/mol. The van der Waals surface area contributed by atoms with Crippen molar-refractivity contribution >= 4 is 5.91 Å². The number of benzene rings is 1. The van der Waals surface area contributed by atoms with Crippen LogP contribution in [-0.2, 0) is 0 Å². The van der Waals surface area contributed by atoms with Gasteiger partial charge in [-0.15, -0.1) is 0 Å². The van der Waals surface area contributed by atoms with Crippen molar-refractivity contribution in [3.8, 4) is 0 Å². The van der Waals surface area contributed by atoms with Crippen LogP contribution in [0.4, 0.5) is 8.78 Å². The molecule has 1 amide bonds. The zero-order valence-electron chi connectivity index (χ0n) is 14.9. The molecule has 2 bridgehead atoms. The molecule has 0 unspecified atom stereocenters. The number of piperidine rings is 3. The maximum absolute atomic E-state index is 14.6. The molecule has 0 radical (unpaired) electrons. The van der Waals surface area contributed by atoms with E-state index in [1.54, 1.807) is 36.5 Å². The lowest BCUT2D eigenvalue weighted by molar-refractivity contribution is -0.00376. The number of nitrogens with zero attached hydrogens (tertiary/aromatic N) is 3. The van der Waals surface area contributed by atoms with Gasteiger partial charge in [0.15, 0.2) is 11.6 Å². The predicted molar refractivity (Wildman–Crippen MR) is 96.2 cm³/mol. The molecule has 6 heteroatoms. The zero-order chi connectivity index (χ0) is 18.5. The van der Waals surface area contributed by atoms with Crippen molar-refractivity contribution in [1.29, 1.82) is 0 Å². The van der Waals surface area contributed by atoms with Crippen LogP contribution in [0.1, 0.15) is 34.8 Å². The Morgan fingerprint density at radius 1 is 1.04 bits per heavy atom. The van der Waals surface area contributed by atoms with E-state index in [0.717, 1.165) is 32.0 Å². The first-order valence-electron chi connectivity index (χ1n) is 9.55. The summed E-state index contributed by atoms with van der Waals surface area (Å²) in [6.45, 7) is 2.33. The number of hydrogen-bond acceptors (Lipinski definition) is 3. The summed E-state index contributed by atoms with van der Waals surface area (Å²) in [5.74, 6) is -1.53. The molecule has 1 aromatic carbocycles. The number of fused-ring (bicyclic) bond motifs is 2. The number of pyridine rings is 1. The fourth-order valence-corrected chi connectivity index (χ4v) is 5.37. The second-order valence-corrected chi connectivity index (χ2v) is 7.78. The first-order valence-corrected chi connectivity index (χ1v) is 9.55. The molecule has 140 valence electrons. The first-order chi connectivity index (χ1) is 13.1. The quantitative estimate of drug-likeness (QED) is 0.816. The lowest BCUT2D eigenvalue weighted by Crippen LogP contribution is -2.60. The molecule has 0 saturated carbocycles. The molecule has 0 spiro atoms. The average molecular weight is 369 g/mol. The standard InChI is InChI=1S/C21H21F2N3O/c22-16-5-3-4-14(18(16)23)15-12-26(21(27)17-6-1-2-9-24-17)19-13-7-10-25(11-8-13)20(15)19/h1-6,9,13,15,19-20H,7-8,10-12H2/t15-,19+,20+/m0/s1. The highest BCUT2D eigenvalue weighted by Gasteiger charge is 2.55. The van der Waals surface area contributed by atoms with Gasteiger partial charge in [-0.05, 0) is 55.6 Å². The van der Waals surface area contributed by atoms with Gasteiger partial charge < -0.3 is 4.90 Å². The van der Waals surface area contributed by atoms with Crippen LogP contribution in [-0.4, -0.2) is 52.4 Å². The molecule has 2 aromatic rings. The van der Waals surface area contributed by atoms with E-state index < -0.39 is 11.6 Å². The molecule has 4 aliphatic rings. The molecule has 27 heavy (non-hydrogen) atoms. The highest BCUT2D eigenvalue weighted by atomic mass is 19.2. The van der Waals surface area contributed by atoms with Crippen molar-refractivity contribution in [2.45, 2.75) is 30.8 Å². The number of likely N-dealkylation sites (tertiary alicyclic amines) is 1. The fourth-order valence-electron chi connectivity index (χ4n) is 5.37. The van der Waals surface area contributed by atoms with E-state index in [0.29, 0.717) is 23.7 Å². The number of amides is 1. The van der Waals surface area contributed by atoms with Crippen LogP contribution in [0.15, 0.2) is 42.6 Å². The number of rotatable bonds is 2. The molecule has 4 fully saturated rings. The lowest BCUT2D eigenvalue weighted by atomic mass is 9.75. The zero-order valence-corrected chi connectivity index (χ0v) is 14.9. The number of halogens is 2. The summed E-state index contributed by atoms with van der Waals surface area (Å²) in [5, 5.41) is 0. The number of carbonyl (C=O) groups is 1. The van der Waals surface area contributed by atoms with E-state index in [9.17, 15) is 13.6 Å². The van der Waals surface area contributed by atoms with Crippen molar-refractivity contribution in [2.24, 2.45) is 5.92 Å². The van der Waals surface area contributed by atoms with E-state index >= 15 is 0 Å². The largest absolute Gasteiger partial charge is 0.332 e. The summed E-state index contributed by atoms with van der Waals surface area (Å²) in [6.07, 6.45) is 3.71. The molecular formula is C21H21F2N3O. The SMILES string of the molecule is O=C(c1ccccn1)N1C[C@@H](c2cccc(F)c2F)[C@@H]2[C@H]1C1CCN2CC1. The van der Waals surface area contributed by atoms with Gasteiger partial charge in [0.25, 0.3) is 5.91 Å². The number of aromatic nitrogens is 1. The third-order valence-electron chi connectivity index (χ3n) is 6.52. The van der Waals surface area contributed by atoms with Gasteiger partial charge >= 0.3 is 0 Å². The van der Waals surface area contributed by atoms with E-state index in [1.165, 1.54) is 0 Å². The van der Waals surface area contributed by atoms with Crippen LogP contribution in [0, 0.1) is 17.6 Å². The van der Waals surface area contributed by atoms with Crippen LogP contribution in [0.5, 0.6) is 0 Å². The van der Waals surface area contributed by atoms with Crippen molar-refractivity contribution in [3.63, 3.8) is 0 Å².